The summed E-state index contributed by atoms with van der Waals surface area (Å²) in [4.78, 5) is 12.8. The number of carbonyl (C=O) groups is 1. The summed E-state index contributed by atoms with van der Waals surface area (Å²) < 4.78 is 44.1. The Labute approximate surface area is 192 Å². The molecule has 0 fully saturated rings. The number of anilines is 2. The number of nitrogens with zero attached hydrogens (tertiary/aromatic N) is 1. The second-order valence-electron chi connectivity index (χ2n) is 6.96. The number of nitrogens with two attached hydrogens (primary N) is 1. The van der Waals surface area contributed by atoms with Gasteiger partial charge < -0.3 is 25.0 Å². The molecular weight excluding hydrogens is 480 g/mol. The number of rotatable bonds is 6. The summed E-state index contributed by atoms with van der Waals surface area (Å²) in [6, 6.07) is 1.32. The lowest BCUT2D eigenvalue weighted by atomic mass is 9.99. The second kappa shape index (κ2) is 8.28. The van der Waals surface area contributed by atoms with Crippen LogP contribution in [0.15, 0.2) is 20.9 Å². The lowest BCUT2D eigenvalue weighted by molar-refractivity contribution is 0.102. The molecule has 1 aromatic carbocycles. The maximum absolute atomic E-state index is 13.1. The molecule has 0 bridgehead atoms. The molecule has 170 valence electrons. The molecule has 4 N–H and O–H groups in total. The Kier molecular flexibility index (Phi) is 5.79. The molecule has 1 amide bonds. The number of amides is 1. The van der Waals surface area contributed by atoms with Gasteiger partial charge in [-0.05, 0) is 43.3 Å². The molecule has 32 heavy (non-hydrogen) atoms. The lowest BCUT2D eigenvalue weighted by Crippen LogP contribution is -2.19. The van der Waals surface area contributed by atoms with Crippen molar-refractivity contribution in [2.24, 2.45) is 5.73 Å². The Morgan fingerprint density at radius 3 is 2.62 bits per heavy atom. The highest BCUT2D eigenvalue weighted by Crippen LogP contribution is 2.46. The predicted octanol–water partition coefficient (Wildman–Crippen LogP) is 3.56. The van der Waals surface area contributed by atoms with Gasteiger partial charge in [0, 0.05) is 12.1 Å². The van der Waals surface area contributed by atoms with Crippen molar-refractivity contribution in [2.75, 3.05) is 16.8 Å². The van der Waals surface area contributed by atoms with Crippen LogP contribution < -0.4 is 25.2 Å². The number of hydrogen-bond acceptors (Lipinski definition) is 9. The van der Waals surface area contributed by atoms with Gasteiger partial charge >= 0.3 is 0 Å². The van der Waals surface area contributed by atoms with Crippen molar-refractivity contribution in [3.05, 3.63) is 43.7 Å². The van der Waals surface area contributed by atoms with Crippen molar-refractivity contribution in [3.63, 3.8) is 0 Å². The van der Waals surface area contributed by atoms with E-state index in [0.717, 1.165) is 28.0 Å². The molecule has 10 nitrogen and oxygen atoms in total. The Morgan fingerprint density at radius 2 is 1.97 bits per heavy atom. The zero-order valence-corrected chi connectivity index (χ0v) is 19.6. The minimum atomic E-state index is -4.18. The summed E-state index contributed by atoms with van der Waals surface area (Å²) >= 11 is 6.97. The van der Waals surface area contributed by atoms with Crippen molar-refractivity contribution < 1.29 is 27.2 Å². The van der Waals surface area contributed by atoms with Crippen LogP contribution in [0.2, 0.25) is 5.02 Å². The summed E-state index contributed by atoms with van der Waals surface area (Å²) in [5.74, 6) is -0.0123. The first kappa shape index (κ1) is 22.4. The molecule has 0 unspecified atom stereocenters. The Balaban J connectivity index is 1.68. The fourth-order valence-corrected chi connectivity index (χ4v) is 5.77. The van der Waals surface area contributed by atoms with Gasteiger partial charge in [-0.15, -0.1) is 11.3 Å². The molecule has 0 radical (unpaired) electrons. The Morgan fingerprint density at radius 1 is 1.25 bits per heavy atom. The first-order chi connectivity index (χ1) is 15.2. The van der Waals surface area contributed by atoms with Gasteiger partial charge in [-0.2, -0.15) is 0 Å². The van der Waals surface area contributed by atoms with E-state index in [-0.39, 0.29) is 34.0 Å². The van der Waals surface area contributed by atoms with E-state index < -0.39 is 15.9 Å². The highest BCUT2D eigenvalue weighted by atomic mass is 35.5. The SMILES string of the molecule is Cc1noc(NS(=O)(=O)c2ccsc2C(=O)Nc2c(C)c(C)c(CN)c3c2OCO3)c1Cl. The van der Waals surface area contributed by atoms with Crippen molar-refractivity contribution in [3.8, 4) is 11.5 Å². The van der Waals surface area contributed by atoms with Crippen LogP contribution in [0.5, 0.6) is 11.5 Å². The molecular formula is C19H19ClN4O6S2. The zero-order chi connectivity index (χ0) is 23.2. The average molecular weight is 499 g/mol. The van der Waals surface area contributed by atoms with E-state index in [1.54, 1.807) is 6.92 Å². The molecule has 0 aliphatic carbocycles. The van der Waals surface area contributed by atoms with Gasteiger partial charge in [-0.1, -0.05) is 16.8 Å². The molecule has 1 aliphatic heterocycles. The van der Waals surface area contributed by atoms with Crippen LogP contribution in [0.4, 0.5) is 11.6 Å². The number of halogens is 1. The van der Waals surface area contributed by atoms with Crippen LogP contribution >= 0.6 is 22.9 Å². The third-order valence-electron chi connectivity index (χ3n) is 5.09. The fraction of sp³-hybridized carbons (Fsp3) is 0.263. The first-order valence-electron chi connectivity index (χ1n) is 9.30. The Hall–Kier alpha value is -2.80. The highest BCUT2D eigenvalue weighted by Gasteiger charge is 2.30. The maximum atomic E-state index is 13.1. The monoisotopic (exact) mass is 498 g/mol. The van der Waals surface area contributed by atoms with Gasteiger partial charge in [-0.3, -0.25) is 4.79 Å². The van der Waals surface area contributed by atoms with E-state index >= 15 is 0 Å². The molecule has 2 aromatic heterocycles. The quantitative estimate of drug-likeness (QED) is 0.467. The summed E-state index contributed by atoms with van der Waals surface area (Å²) in [7, 11) is -4.18. The zero-order valence-electron chi connectivity index (χ0n) is 17.2. The Bertz CT molecular complexity index is 1330. The van der Waals surface area contributed by atoms with E-state index in [0.29, 0.717) is 22.9 Å². The molecule has 0 saturated heterocycles. The molecule has 1 aliphatic rings. The lowest BCUT2D eigenvalue weighted by Gasteiger charge is -2.17. The summed E-state index contributed by atoms with van der Waals surface area (Å²) in [6.07, 6.45) is 0. The van der Waals surface area contributed by atoms with E-state index in [4.69, 9.17) is 31.3 Å². The number of aromatic nitrogens is 1. The van der Waals surface area contributed by atoms with Crippen LogP contribution in [-0.4, -0.2) is 26.3 Å². The molecule has 13 heteroatoms. The van der Waals surface area contributed by atoms with E-state index in [1.807, 2.05) is 13.8 Å². The maximum Gasteiger partial charge on any atom is 0.267 e. The number of nitrogens with one attached hydrogen (secondary N) is 2. The third kappa shape index (κ3) is 3.68. The summed E-state index contributed by atoms with van der Waals surface area (Å²) in [5, 5.41) is 7.92. The van der Waals surface area contributed by atoms with Crippen LogP contribution in [0, 0.1) is 20.8 Å². The fourth-order valence-electron chi connectivity index (χ4n) is 3.28. The number of thiophene rings is 1. The minimum Gasteiger partial charge on any atom is -0.453 e. The summed E-state index contributed by atoms with van der Waals surface area (Å²) in [5.41, 5.74) is 8.96. The van der Waals surface area contributed by atoms with Crippen LogP contribution in [0.3, 0.4) is 0 Å². The topological polar surface area (TPSA) is 146 Å². The van der Waals surface area contributed by atoms with Crippen LogP contribution in [0.25, 0.3) is 0 Å². The molecule has 3 aromatic rings. The molecule has 0 saturated carbocycles. The number of ether oxygens (including phenoxy) is 2. The number of benzene rings is 1. The predicted molar refractivity (Wildman–Crippen MR) is 119 cm³/mol. The minimum absolute atomic E-state index is 0.00595. The molecule has 3 heterocycles. The van der Waals surface area contributed by atoms with Gasteiger partial charge in [0.1, 0.15) is 20.5 Å². The molecule has 4 rings (SSSR count). The van der Waals surface area contributed by atoms with Gasteiger partial charge in [-0.25, -0.2) is 13.1 Å². The molecule has 0 spiro atoms. The van der Waals surface area contributed by atoms with E-state index in [1.165, 1.54) is 11.4 Å². The standard InChI is InChI=1S/C19H19ClN4O6S2/c1-8-9(2)14(16-15(11(8)6-21)28-7-29-16)22-18(25)17-12(4-5-31-17)32(26,27)24-19-13(20)10(3)23-30-19/h4-5,24H,6-7,21H2,1-3H3,(H,22,25). The van der Waals surface area contributed by atoms with Crippen molar-refractivity contribution in [1.29, 1.82) is 0 Å². The van der Waals surface area contributed by atoms with Gasteiger partial charge in [0.2, 0.25) is 6.79 Å². The number of hydrogen-bond donors (Lipinski definition) is 3. The van der Waals surface area contributed by atoms with Crippen molar-refractivity contribution in [1.82, 2.24) is 5.16 Å². The average Bonchev–Trinajstić information content (AvgIpc) is 3.49. The number of carbonyl (C=O) groups excluding carboxylic acids is 1. The van der Waals surface area contributed by atoms with Crippen LogP contribution in [-0.2, 0) is 16.6 Å². The second-order valence-corrected chi connectivity index (χ2v) is 9.90. The number of fused-ring (bicyclic) bond motifs is 1. The van der Waals surface area contributed by atoms with E-state index in [2.05, 4.69) is 15.2 Å². The highest BCUT2D eigenvalue weighted by molar-refractivity contribution is 7.93. The van der Waals surface area contributed by atoms with Gasteiger partial charge in [0.25, 0.3) is 21.8 Å². The number of aryl methyl sites for hydroxylation is 1. The summed E-state index contributed by atoms with van der Waals surface area (Å²) in [6.45, 7) is 5.48. The smallest absolute Gasteiger partial charge is 0.267 e. The molecule has 0 atom stereocenters. The first-order valence-corrected chi connectivity index (χ1v) is 12.0. The largest absolute Gasteiger partial charge is 0.453 e. The van der Waals surface area contributed by atoms with Gasteiger partial charge in [0.05, 0.1) is 5.69 Å². The van der Waals surface area contributed by atoms with E-state index in [9.17, 15) is 13.2 Å². The van der Waals surface area contributed by atoms with Gasteiger partial charge in [0.15, 0.2) is 11.5 Å². The normalized spacial score (nSPS) is 12.8. The van der Waals surface area contributed by atoms with Crippen molar-refractivity contribution in [2.45, 2.75) is 32.2 Å². The van der Waals surface area contributed by atoms with Crippen LogP contribution in [0.1, 0.15) is 32.1 Å². The van der Waals surface area contributed by atoms with Crippen molar-refractivity contribution >= 4 is 50.4 Å². The number of sulfonamides is 1. The third-order valence-corrected chi connectivity index (χ3v) is 7.95.